The number of ketones is 1. The van der Waals surface area contributed by atoms with Crippen molar-refractivity contribution in [3.05, 3.63) is 63.8 Å². The Hall–Kier alpha value is -1.97. The van der Waals surface area contributed by atoms with Crippen LogP contribution in [0.2, 0.25) is 10.0 Å². The van der Waals surface area contributed by atoms with Crippen molar-refractivity contribution in [3.63, 3.8) is 0 Å². The number of aromatic amines is 1. The average molecular weight is 305 g/mol. The molecule has 0 bridgehead atoms. The Morgan fingerprint density at radius 2 is 1.90 bits per heavy atom. The van der Waals surface area contributed by atoms with Crippen molar-refractivity contribution in [1.82, 2.24) is 4.98 Å². The van der Waals surface area contributed by atoms with Gasteiger partial charge in [0.2, 0.25) is 0 Å². The van der Waals surface area contributed by atoms with E-state index in [1.54, 1.807) is 36.5 Å². The number of carbonyl (C=O) groups excluding carboxylic acids is 1. The number of fused-ring (bicyclic) bond motifs is 1. The lowest BCUT2D eigenvalue weighted by molar-refractivity contribution is 0.104. The van der Waals surface area contributed by atoms with Crippen LogP contribution in [0.1, 0.15) is 15.9 Å². The molecule has 0 saturated carbocycles. The monoisotopic (exact) mass is 304 g/mol. The van der Waals surface area contributed by atoms with Gasteiger partial charge in [0, 0.05) is 33.2 Å². The topological polar surface area (TPSA) is 58.9 Å². The number of aromatic nitrogens is 1. The molecule has 3 nitrogen and oxygen atoms in total. The molecule has 20 heavy (non-hydrogen) atoms. The van der Waals surface area contributed by atoms with Gasteiger partial charge in [-0.1, -0.05) is 23.2 Å². The summed E-state index contributed by atoms with van der Waals surface area (Å²) in [4.78, 5) is 15.6. The maximum atomic E-state index is 12.5. The number of rotatable bonds is 2. The molecule has 0 radical (unpaired) electrons. The number of hydrogen-bond donors (Lipinski definition) is 2. The molecule has 3 rings (SSSR count). The standard InChI is InChI=1S/C15H10Cl2N2O/c16-9-2-4-14-10(6-9)11(7-19-14)15(20)8-1-3-12(17)13(18)5-8/h1-7,19H,18H2. The van der Waals surface area contributed by atoms with E-state index in [2.05, 4.69) is 4.98 Å². The van der Waals surface area contributed by atoms with E-state index in [-0.39, 0.29) is 5.78 Å². The third-order valence-electron chi connectivity index (χ3n) is 3.15. The number of halogens is 2. The van der Waals surface area contributed by atoms with E-state index in [4.69, 9.17) is 28.9 Å². The third kappa shape index (κ3) is 2.15. The lowest BCUT2D eigenvalue weighted by atomic mass is 10.0. The molecular formula is C15H10Cl2N2O. The van der Waals surface area contributed by atoms with Crippen molar-refractivity contribution < 1.29 is 4.79 Å². The summed E-state index contributed by atoms with van der Waals surface area (Å²) in [5.74, 6) is -0.123. The van der Waals surface area contributed by atoms with Gasteiger partial charge in [0.25, 0.3) is 0 Å². The van der Waals surface area contributed by atoms with Crippen LogP contribution in [0.3, 0.4) is 0 Å². The minimum atomic E-state index is -0.123. The van der Waals surface area contributed by atoms with E-state index in [1.165, 1.54) is 0 Å². The molecule has 0 spiro atoms. The second kappa shape index (κ2) is 4.85. The summed E-state index contributed by atoms with van der Waals surface area (Å²) >= 11 is 11.8. The predicted molar refractivity (Wildman–Crippen MR) is 82.6 cm³/mol. The van der Waals surface area contributed by atoms with Gasteiger partial charge in [0.05, 0.1) is 10.7 Å². The van der Waals surface area contributed by atoms with Gasteiger partial charge in [0.1, 0.15) is 0 Å². The Kier molecular flexibility index (Phi) is 3.16. The molecule has 3 aromatic rings. The third-order valence-corrected chi connectivity index (χ3v) is 3.73. The van der Waals surface area contributed by atoms with Gasteiger partial charge >= 0.3 is 0 Å². The van der Waals surface area contributed by atoms with Crippen LogP contribution in [0.25, 0.3) is 10.9 Å². The first kappa shape index (κ1) is 13.0. The van der Waals surface area contributed by atoms with E-state index in [0.29, 0.717) is 26.9 Å². The van der Waals surface area contributed by atoms with E-state index in [0.717, 1.165) is 10.9 Å². The summed E-state index contributed by atoms with van der Waals surface area (Å²) in [6, 6.07) is 10.2. The highest BCUT2D eigenvalue weighted by atomic mass is 35.5. The van der Waals surface area contributed by atoms with Crippen molar-refractivity contribution >= 4 is 45.6 Å². The number of nitrogens with one attached hydrogen (secondary N) is 1. The molecule has 1 aromatic heterocycles. The molecule has 0 amide bonds. The first-order valence-corrected chi connectivity index (χ1v) is 6.68. The van der Waals surface area contributed by atoms with Crippen LogP contribution in [0.4, 0.5) is 5.69 Å². The van der Waals surface area contributed by atoms with Gasteiger partial charge in [-0.3, -0.25) is 4.79 Å². The Bertz CT molecular complexity index is 824. The van der Waals surface area contributed by atoms with Crippen LogP contribution in [0, 0.1) is 0 Å². The summed E-state index contributed by atoms with van der Waals surface area (Å²) in [6.45, 7) is 0. The van der Waals surface area contributed by atoms with E-state index in [9.17, 15) is 4.79 Å². The lowest BCUT2D eigenvalue weighted by Crippen LogP contribution is -2.01. The molecule has 0 atom stereocenters. The maximum Gasteiger partial charge on any atom is 0.195 e. The Labute approximate surface area is 125 Å². The summed E-state index contributed by atoms with van der Waals surface area (Å²) in [5.41, 5.74) is 8.03. The number of hydrogen-bond acceptors (Lipinski definition) is 2. The van der Waals surface area contributed by atoms with Crippen LogP contribution in [0.5, 0.6) is 0 Å². The molecule has 0 aliphatic rings. The van der Waals surface area contributed by atoms with Crippen LogP contribution in [0.15, 0.2) is 42.6 Å². The van der Waals surface area contributed by atoms with Crippen LogP contribution >= 0.6 is 23.2 Å². The van der Waals surface area contributed by atoms with Crippen molar-refractivity contribution in [2.24, 2.45) is 0 Å². The molecule has 0 aliphatic carbocycles. The van der Waals surface area contributed by atoms with Gasteiger partial charge in [-0.25, -0.2) is 0 Å². The molecule has 0 aliphatic heterocycles. The van der Waals surface area contributed by atoms with Gasteiger partial charge in [-0.15, -0.1) is 0 Å². The molecule has 2 aromatic carbocycles. The van der Waals surface area contributed by atoms with Gasteiger partial charge in [0.15, 0.2) is 5.78 Å². The molecule has 1 heterocycles. The fraction of sp³-hybridized carbons (Fsp3) is 0. The quantitative estimate of drug-likeness (QED) is 0.548. The largest absolute Gasteiger partial charge is 0.398 e. The van der Waals surface area contributed by atoms with Crippen molar-refractivity contribution in [2.45, 2.75) is 0 Å². The molecule has 0 saturated heterocycles. The normalized spacial score (nSPS) is 10.9. The number of H-pyrrole nitrogens is 1. The summed E-state index contributed by atoms with van der Waals surface area (Å²) in [6.07, 6.45) is 1.67. The zero-order valence-corrected chi connectivity index (χ0v) is 11.8. The molecule has 3 N–H and O–H groups in total. The van der Waals surface area contributed by atoms with Crippen LogP contribution in [-0.2, 0) is 0 Å². The number of carbonyl (C=O) groups is 1. The zero-order valence-electron chi connectivity index (χ0n) is 10.3. The molecule has 0 fully saturated rings. The van der Waals surface area contributed by atoms with Crippen LogP contribution < -0.4 is 5.73 Å². The minimum absolute atomic E-state index is 0.123. The smallest absolute Gasteiger partial charge is 0.195 e. The van der Waals surface area contributed by atoms with E-state index < -0.39 is 0 Å². The first-order valence-electron chi connectivity index (χ1n) is 5.92. The highest BCUT2D eigenvalue weighted by molar-refractivity contribution is 6.33. The summed E-state index contributed by atoms with van der Waals surface area (Å²) in [5, 5.41) is 1.81. The Balaban J connectivity index is 2.12. The number of nitrogens with two attached hydrogens (primary N) is 1. The lowest BCUT2D eigenvalue weighted by Gasteiger charge is -2.03. The second-order valence-electron chi connectivity index (χ2n) is 4.46. The van der Waals surface area contributed by atoms with Crippen molar-refractivity contribution in [1.29, 1.82) is 0 Å². The van der Waals surface area contributed by atoms with Gasteiger partial charge < -0.3 is 10.7 Å². The number of nitrogen functional groups attached to an aromatic ring is 1. The fourth-order valence-electron chi connectivity index (χ4n) is 2.12. The van der Waals surface area contributed by atoms with Gasteiger partial charge in [-0.2, -0.15) is 0 Å². The molecule has 5 heteroatoms. The van der Waals surface area contributed by atoms with Crippen molar-refractivity contribution in [3.8, 4) is 0 Å². The fourth-order valence-corrected chi connectivity index (χ4v) is 2.41. The number of benzene rings is 2. The predicted octanol–water partition coefficient (Wildman–Crippen LogP) is 4.29. The molecular weight excluding hydrogens is 295 g/mol. The van der Waals surface area contributed by atoms with E-state index >= 15 is 0 Å². The Morgan fingerprint density at radius 3 is 2.65 bits per heavy atom. The maximum absolute atomic E-state index is 12.5. The molecule has 0 unspecified atom stereocenters. The van der Waals surface area contributed by atoms with Crippen molar-refractivity contribution in [2.75, 3.05) is 5.73 Å². The highest BCUT2D eigenvalue weighted by Gasteiger charge is 2.15. The molecule has 100 valence electrons. The zero-order chi connectivity index (χ0) is 14.3. The summed E-state index contributed by atoms with van der Waals surface area (Å²) in [7, 11) is 0. The van der Waals surface area contributed by atoms with Crippen LogP contribution in [-0.4, -0.2) is 10.8 Å². The van der Waals surface area contributed by atoms with Gasteiger partial charge in [-0.05, 0) is 36.4 Å². The summed E-state index contributed by atoms with van der Waals surface area (Å²) < 4.78 is 0. The number of anilines is 1. The Morgan fingerprint density at radius 1 is 1.10 bits per heavy atom. The van der Waals surface area contributed by atoms with E-state index in [1.807, 2.05) is 6.07 Å². The SMILES string of the molecule is Nc1cc(C(=O)c2c[nH]c3ccc(Cl)cc23)ccc1Cl. The second-order valence-corrected chi connectivity index (χ2v) is 5.30. The highest BCUT2D eigenvalue weighted by Crippen LogP contribution is 2.26. The minimum Gasteiger partial charge on any atom is -0.398 e. The average Bonchev–Trinajstić information content (AvgIpc) is 2.84. The first-order chi connectivity index (χ1) is 9.56.